The van der Waals surface area contributed by atoms with E-state index < -0.39 is 0 Å². The van der Waals surface area contributed by atoms with E-state index in [1.807, 2.05) is 30.3 Å². The Balaban J connectivity index is 1.57. The summed E-state index contributed by atoms with van der Waals surface area (Å²) < 4.78 is 12.0. The molecular weight excluding hydrogens is 464 g/mol. The van der Waals surface area contributed by atoms with Crippen LogP contribution in [0.25, 0.3) is 16.6 Å². The molecule has 4 rings (SSSR count). The second-order valence-corrected chi connectivity index (χ2v) is 8.45. The van der Waals surface area contributed by atoms with Gasteiger partial charge in [-0.1, -0.05) is 36.0 Å². The first-order valence-electron chi connectivity index (χ1n) is 10.8. The molecule has 0 radical (unpaired) electrons. The average Bonchev–Trinajstić information content (AvgIpc) is 2.90. The van der Waals surface area contributed by atoms with Crippen LogP contribution in [0.4, 0.5) is 0 Å². The summed E-state index contributed by atoms with van der Waals surface area (Å²) in [6, 6.07) is 21.7. The maximum Gasteiger partial charge on any atom is 0.266 e. The van der Waals surface area contributed by atoms with Crippen LogP contribution in [0.1, 0.15) is 12.5 Å². The van der Waals surface area contributed by atoms with Crippen LogP contribution in [0.15, 0.2) is 87.8 Å². The van der Waals surface area contributed by atoms with E-state index in [1.165, 1.54) is 4.57 Å². The van der Waals surface area contributed by atoms with E-state index in [2.05, 4.69) is 15.5 Å². The van der Waals surface area contributed by atoms with Crippen molar-refractivity contribution in [2.45, 2.75) is 12.1 Å². The Morgan fingerprint density at radius 2 is 1.74 bits per heavy atom. The second kappa shape index (κ2) is 10.9. The number of aromatic nitrogens is 2. The molecule has 1 N–H and O–H groups in total. The maximum atomic E-state index is 13.3. The number of nitrogens with one attached hydrogen (secondary N) is 1. The zero-order chi connectivity index (χ0) is 24.8. The lowest BCUT2D eigenvalue weighted by Gasteiger charge is -2.13. The van der Waals surface area contributed by atoms with Gasteiger partial charge in [-0.2, -0.15) is 5.10 Å². The predicted octanol–water partition coefficient (Wildman–Crippen LogP) is 4.04. The summed E-state index contributed by atoms with van der Waals surface area (Å²) in [5, 5.41) is 5.10. The van der Waals surface area contributed by atoms with Crippen molar-refractivity contribution in [3.8, 4) is 17.2 Å². The number of carbonyl (C=O) groups is 1. The highest BCUT2D eigenvalue weighted by Crippen LogP contribution is 2.23. The van der Waals surface area contributed by atoms with E-state index in [9.17, 15) is 9.59 Å². The van der Waals surface area contributed by atoms with E-state index in [0.717, 1.165) is 17.3 Å². The fraction of sp³-hybridized carbons (Fsp3) is 0.154. The van der Waals surface area contributed by atoms with Crippen molar-refractivity contribution in [1.82, 2.24) is 15.0 Å². The van der Waals surface area contributed by atoms with Crippen LogP contribution in [-0.2, 0) is 4.79 Å². The zero-order valence-electron chi connectivity index (χ0n) is 19.5. The minimum Gasteiger partial charge on any atom is -0.497 e. The van der Waals surface area contributed by atoms with Crippen LogP contribution < -0.4 is 20.5 Å². The van der Waals surface area contributed by atoms with Crippen LogP contribution >= 0.6 is 11.8 Å². The summed E-state index contributed by atoms with van der Waals surface area (Å²) in [7, 11) is 3.17. The van der Waals surface area contributed by atoms with Crippen molar-refractivity contribution in [1.29, 1.82) is 0 Å². The van der Waals surface area contributed by atoms with Crippen LogP contribution in [0.5, 0.6) is 11.5 Å². The molecule has 0 atom stereocenters. The molecule has 0 aliphatic heterocycles. The number of rotatable bonds is 8. The lowest BCUT2D eigenvalue weighted by atomic mass is 10.1. The van der Waals surface area contributed by atoms with E-state index in [-0.39, 0.29) is 17.2 Å². The number of methoxy groups -OCH3 is 2. The number of ether oxygens (including phenoxy) is 2. The number of fused-ring (bicyclic) bond motifs is 1. The number of hydrazone groups is 1. The van der Waals surface area contributed by atoms with Gasteiger partial charge in [-0.3, -0.25) is 14.2 Å². The number of nitrogens with zero attached hydrogens (tertiary/aromatic N) is 3. The van der Waals surface area contributed by atoms with Crippen molar-refractivity contribution in [3.05, 3.63) is 88.7 Å². The summed E-state index contributed by atoms with van der Waals surface area (Å²) in [5.74, 6) is 1.09. The third kappa shape index (κ3) is 5.52. The van der Waals surface area contributed by atoms with E-state index in [1.54, 1.807) is 63.6 Å². The van der Waals surface area contributed by atoms with Gasteiger partial charge in [0.05, 0.1) is 42.3 Å². The van der Waals surface area contributed by atoms with E-state index in [0.29, 0.717) is 39.0 Å². The molecule has 0 saturated heterocycles. The predicted molar refractivity (Wildman–Crippen MR) is 138 cm³/mol. The van der Waals surface area contributed by atoms with E-state index >= 15 is 0 Å². The van der Waals surface area contributed by atoms with Gasteiger partial charge in [0, 0.05) is 5.56 Å². The molecule has 178 valence electrons. The van der Waals surface area contributed by atoms with Crippen molar-refractivity contribution in [2.24, 2.45) is 5.10 Å². The highest BCUT2D eigenvalue weighted by molar-refractivity contribution is 7.99. The summed E-state index contributed by atoms with van der Waals surface area (Å²) in [6.45, 7) is 1.80. The van der Waals surface area contributed by atoms with Gasteiger partial charge in [-0.05, 0) is 55.5 Å². The van der Waals surface area contributed by atoms with Gasteiger partial charge in [0.15, 0.2) is 5.16 Å². The molecule has 0 unspecified atom stereocenters. The number of benzene rings is 3. The van der Waals surface area contributed by atoms with Gasteiger partial charge in [-0.15, -0.1) is 0 Å². The summed E-state index contributed by atoms with van der Waals surface area (Å²) in [6.07, 6.45) is 0. The summed E-state index contributed by atoms with van der Waals surface area (Å²) in [4.78, 5) is 30.5. The Kier molecular flexibility index (Phi) is 7.47. The normalized spacial score (nSPS) is 11.3. The quantitative estimate of drug-likeness (QED) is 0.174. The fourth-order valence-electron chi connectivity index (χ4n) is 3.39. The molecule has 1 amide bonds. The molecule has 0 bridgehead atoms. The molecule has 35 heavy (non-hydrogen) atoms. The lowest BCUT2D eigenvalue weighted by Crippen LogP contribution is -2.24. The van der Waals surface area contributed by atoms with E-state index in [4.69, 9.17) is 9.47 Å². The molecule has 9 heteroatoms. The minimum atomic E-state index is -0.319. The van der Waals surface area contributed by atoms with Crippen LogP contribution in [0.2, 0.25) is 0 Å². The Morgan fingerprint density at radius 3 is 2.49 bits per heavy atom. The second-order valence-electron chi connectivity index (χ2n) is 7.50. The molecule has 1 heterocycles. The third-order valence-electron chi connectivity index (χ3n) is 5.24. The van der Waals surface area contributed by atoms with Crippen LogP contribution in [0, 0.1) is 0 Å². The Hall–Kier alpha value is -4.11. The molecule has 0 aliphatic carbocycles. The van der Waals surface area contributed by atoms with Gasteiger partial charge in [0.25, 0.3) is 11.5 Å². The number of amides is 1. The van der Waals surface area contributed by atoms with Crippen LogP contribution in [-0.4, -0.2) is 41.1 Å². The monoisotopic (exact) mass is 488 g/mol. The largest absolute Gasteiger partial charge is 0.497 e. The summed E-state index contributed by atoms with van der Waals surface area (Å²) in [5.41, 5.74) is 5.03. The molecule has 0 aliphatic rings. The average molecular weight is 489 g/mol. The zero-order valence-corrected chi connectivity index (χ0v) is 20.3. The van der Waals surface area contributed by atoms with Crippen molar-refractivity contribution < 1.29 is 14.3 Å². The van der Waals surface area contributed by atoms with Gasteiger partial charge in [-0.25, -0.2) is 10.4 Å². The number of carbonyl (C=O) groups excluding carboxylic acids is 1. The standard InChI is InChI=1S/C26H24N4O4S/c1-17(18-7-6-8-21(15-18)34-3)28-29-24(31)16-35-26-27-23-10-5-4-9-22(23)25(32)30(26)19-11-13-20(33-2)14-12-19/h4-15H,16H2,1-3H3,(H,29,31)/b28-17-. The minimum absolute atomic E-state index is 0.0236. The summed E-state index contributed by atoms with van der Waals surface area (Å²) >= 11 is 1.16. The molecule has 8 nitrogen and oxygen atoms in total. The lowest BCUT2D eigenvalue weighted by molar-refractivity contribution is -0.118. The Bertz CT molecular complexity index is 1450. The van der Waals surface area contributed by atoms with Gasteiger partial charge < -0.3 is 9.47 Å². The molecule has 0 saturated carbocycles. The molecular formula is C26H24N4O4S. The number of thioether (sulfide) groups is 1. The smallest absolute Gasteiger partial charge is 0.266 e. The Labute approximate surface area is 206 Å². The first-order chi connectivity index (χ1) is 17.0. The van der Waals surface area contributed by atoms with Crippen molar-refractivity contribution >= 4 is 34.3 Å². The topological polar surface area (TPSA) is 94.8 Å². The molecule has 1 aromatic heterocycles. The number of hydrogen-bond acceptors (Lipinski definition) is 7. The van der Waals surface area contributed by atoms with Crippen LogP contribution in [0.3, 0.4) is 0 Å². The maximum absolute atomic E-state index is 13.3. The first-order valence-corrected chi connectivity index (χ1v) is 11.8. The molecule has 3 aromatic carbocycles. The molecule has 4 aromatic rings. The fourth-order valence-corrected chi connectivity index (χ4v) is 4.19. The highest BCUT2D eigenvalue weighted by Gasteiger charge is 2.15. The number of para-hydroxylation sites is 1. The van der Waals surface area contributed by atoms with Gasteiger partial charge >= 0.3 is 0 Å². The van der Waals surface area contributed by atoms with Crippen molar-refractivity contribution in [3.63, 3.8) is 0 Å². The third-order valence-corrected chi connectivity index (χ3v) is 6.18. The van der Waals surface area contributed by atoms with Gasteiger partial charge in [0.2, 0.25) is 0 Å². The Morgan fingerprint density at radius 1 is 1.00 bits per heavy atom. The molecule has 0 fully saturated rings. The van der Waals surface area contributed by atoms with Gasteiger partial charge in [0.1, 0.15) is 11.5 Å². The highest BCUT2D eigenvalue weighted by atomic mass is 32.2. The first kappa shape index (κ1) is 24.0. The van der Waals surface area contributed by atoms with Crippen molar-refractivity contribution in [2.75, 3.05) is 20.0 Å². The number of hydrogen-bond donors (Lipinski definition) is 1. The SMILES string of the molecule is COc1ccc(-n2c(SCC(=O)N/N=C(/C)c3cccc(OC)c3)nc3ccccc3c2=O)cc1. The molecule has 0 spiro atoms.